The Kier molecular flexibility index (Phi) is 5.35. The molecule has 0 atom stereocenters. The Labute approximate surface area is 180 Å². The van der Waals surface area contributed by atoms with Crippen LogP contribution in [0.2, 0.25) is 0 Å². The highest BCUT2D eigenvalue weighted by Crippen LogP contribution is 2.56. The Bertz CT molecular complexity index is 917. The number of hydrogen-bond acceptors (Lipinski definition) is 6. The van der Waals surface area contributed by atoms with Gasteiger partial charge in [-0.3, -0.25) is 4.31 Å². The van der Waals surface area contributed by atoms with Crippen molar-refractivity contribution in [3.63, 3.8) is 0 Å². The van der Waals surface area contributed by atoms with Gasteiger partial charge in [0.05, 0.1) is 5.52 Å². The molecule has 1 aromatic carbocycles. The molecule has 3 fully saturated rings. The summed E-state index contributed by atoms with van der Waals surface area (Å²) in [6, 6.07) is 3.60. The number of piperidine rings is 1. The number of nitrogens with zero attached hydrogens (tertiary/aromatic N) is 4. The number of anilines is 1. The first-order valence-electron chi connectivity index (χ1n) is 10.8. The van der Waals surface area contributed by atoms with E-state index in [4.69, 9.17) is 4.98 Å². The van der Waals surface area contributed by atoms with Crippen LogP contribution in [0.5, 0.6) is 0 Å². The summed E-state index contributed by atoms with van der Waals surface area (Å²) in [6.07, 6.45) is 5.59. The number of nitrogens with one attached hydrogen (secondary N) is 1. The quantitative estimate of drug-likeness (QED) is 0.699. The molecule has 162 valence electrons. The van der Waals surface area contributed by atoms with E-state index in [0.29, 0.717) is 23.3 Å². The summed E-state index contributed by atoms with van der Waals surface area (Å²) in [7, 11) is 2.14. The smallest absolute Gasteiger partial charge is 0.263 e. The zero-order valence-electron chi connectivity index (χ0n) is 17.6. The van der Waals surface area contributed by atoms with Gasteiger partial charge in [0.15, 0.2) is 0 Å². The van der Waals surface area contributed by atoms with E-state index in [2.05, 4.69) is 32.8 Å². The first-order valence-corrected chi connectivity index (χ1v) is 12.0. The summed E-state index contributed by atoms with van der Waals surface area (Å²) in [6.45, 7) is 4.33. The Morgan fingerprint density at radius 2 is 1.93 bits per heavy atom. The van der Waals surface area contributed by atoms with Gasteiger partial charge in [0.2, 0.25) is 5.95 Å². The van der Waals surface area contributed by atoms with E-state index in [1.165, 1.54) is 0 Å². The van der Waals surface area contributed by atoms with Crippen LogP contribution >= 0.6 is 11.9 Å². The van der Waals surface area contributed by atoms with E-state index in [1.54, 1.807) is 30.3 Å². The summed E-state index contributed by atoms with van der Waals surface area (Å²) < 4.78 is 29.4. The molecular weight excluding hydrogens is 404 g/mol. The van der Waals surface area contributed by atoms with Crippen molar-refractivity contribution < 1.29 is 8.78 Å². The number of rotatable bonds is 5. The number of aromatic nitrogens is 2. The van der Waals surface area contributed by atoms with E-state index >= 15 is 0 Å². The topological polar surface area (TPSA) is 44.3 Å². The van der Waals surface area contributed by atoms with Gasteiger partial charge in [-0.15, -0.1) is 0 Å². The Morgan fingerprint density at radius 3 is 2.57 bits per heavy atom. The van der Waals surface area contributed by atoms with Gasteiger partial charge < -0.3 is 10.2 Å². The molecule has 1 spiro atoms. The highest BCUT2D eigenvalue weighted by Gasteiger charge is 2.51. The van der Waals surface area contributed by atoms with Gasteiger partial charge in [-0.2, -0.15) is 0 Å². The van der Waals surface area contributed by atoms with E-state index in [-0.39, 0.29) is 5.56 Å². The van der Waals surface area contributed by atoms with E-state index in [1.807, 2.05) is 0 Å². The molecule has 5 nitrogen and oxygen atoms in total. The SMILES string of the molecule is CSN1CCC(Nc2ncc3cc(C(F)F)cc(C4CC5(C4)CN(C)C5)c3n2)CC1. The highest BCUT2D eigenvalue weighted by atomic mass is 32.2. The van der Waals surface area contributed by atoms with Crippen LogP contribution in [0, 0.1) is 5.41 Å². The predicted molar refractivity (Wildman–Crippen MR) is 118 cm³/mol. The lowest BCUT2D eigenvalue weighted by Crippen LogP contribution is -2.60. The molecule has 0 unspecified atom stereocenters. The number of alkyl halides is 2. The van der Waals surface area contributed by atoms with Gasteiger partial charge in [0.25, 0.3) is 6.43 Å². The minimum absolute atomic E-state index is 0.0814. The third-order valence-electron chi connectivity index (χ3n) is 7.04. The molecule has 0 bridgehead atoms. The molecule has 1 N–H and O–H groups in total. The molecule has 3 heterocycles. The Balaban J connectivity index is 1.40. The van der Waals surface area contributed by atoms with Crippen molar-refractivity contribution in [1.82, 2.24) is 19.2 Å². The maximum atomic E-state index is 13.5. The lowest BCUT2D eigenvalue weighted by molar-refractivity contribution is -0.0581. The lowest BCUT2D eigenvalue weighted by atomic mass is 9.56. The highest BCUT2D eigenvalue weighted by molar-refractivity contribution is 7.96. The van der Waals surface area contributed by atoms with E-state index in [9.17, 15) is 8.78 Å². The van der Waals surface area contributed by atoms with Crippen LogP contribution in [0.3, 0.4) is 0 Å². The van der Waals surface area contributed by atoms with Crippen molar-refractivity contribution in [3.05, 3.63) is 29.5 Å². The van der Waals surface area contributed by atoms with Crippen LogP contribution in [0.15, 0.2) is 18.3 Å². The number of halogens is 2. The fourth-order valence-corrected chi connectivity index (χ4v) is 6.21. The maximum Gasteiger partial charge on any atom is 0.263 e. The molecule has 5 rings (SSSR count). The van der Waals surface area contributed by atoms with Gasteiger partial charge in [-0.25, -0.2) is 18.7 Å². The minimum atomic E-state index is -2.48. The van der Waals surface area contributed by atoms with Crippen LogP contribution in [0.1, 0.15) is 49.2 Å². The summed E-state index contributed by atoms with van der Waals surface area (Å²) in [5.74, 6) is 0.932. The van der Waals surface area contributed by atoms with Gasteiger partial charge in [-0.1, -0.05) is 11.9 Å². The van der Waals surface area contributed by atoms with Crippen molar-refractivity contribution in [1.29, 1.82) is 0 Å². The van der Waals surface area contributed by atoms with E-state index < -0.39 is 6.43 Å². The molecule has 1 aliphatic carbocycles. The molecule has 2 saturated heterocycles. The van der Waals surface area contributed by atoms with Crippen molar-refractivity contribution in [2.45, 2.75) is 44.1 Å². The number of fused-ring (bicyclic) bond motifs is 1. The normalized spacial score (nSPS) is 23.1. The molecule has 2 aliphatic heterocycles. The maximum absolute atomic E-state index is 13.5. The molecule has 8 heteroatoms. The second-order valence-electron chi connectivity index (χ2n) is 9.35. The molecular formula is C22H29F2N5S. The van der Waals surface area contributed by atoms with Crippen LogP contribution in [0.25, 0.3) is 10.9 Å². The number of benzene rings is 1. The molecule has 1 saturated carbocycles. The van der Waals surface area contributed by atoms with Gasteiger partial charge in [0.1, 0.15) is 0 Å². The van der Waals surface area contributed by atoms with Crippen LogP contribution < -0.4 is 5.32 Å². The standard InChI is InChI=1S/C22H29F2N5S/c1-28-12-22(13-28)9-16(10-22)18-8-14(20(23)24)7-15-11-25-21(27-19(15)18)26-17-3-5-29(30-2)6-4-17/h7-8,11,16-17,20H,3-6,9-10,12-13H2,1-2H3,(H,25,26,27). The van der Waals surface area contributed by atoms with Crippen molar-refractivity contribution in [2.75, 3.05) is 44.8 Å². The summed E-state index contributed by atoms with van der Waals surface area (Å²) in [5, 5.41) is 4.21. The van der Waals surface area contributed by atoms with Gasteiger partial charge in [0, 0.05) is 49.4 Å². The van der Waals surface area contributed by atoms with Crippen LogP contribution in [-0.2, 0) is 0 Å². The van der Waals surface area contributed by atoms with Crippen molar-refractivity contribution >= 4 is 28.8 Å². The largest absolute Gasteiger partial charge is 0.351 e. The first kappa shape index (κ1) is 20.4. The summed E-state index contributed by atoms with van der Waals surface area (Å²) in [4.78, 5) is 11.6. The minimum Gasteiger partial charge on any atom is -0.351 e. The molecule has 0 radical (unpaired) electrons. The monoisotopic (exact) mass is 433 g/mol. The van der Waals surface area contributed by atoms with Crippen LogP contribution in [-0.4, -0.2) is 64.7 Å². The average Bonchev–Trinajstić information content (AvgIpc) is 2.69. The second-order valence-corrected chi connectivity index (χ2v) is 10.2. The number of hydrogen-bond donors (Lipinski definition) is 1. The first-order chi connectivity index (χ1) is 14.4. The van der Waals surface area contributed by atoms with Gasteiger partial charge >= 0.3 is 0 Å². The molecule has 0 amide bonds. The molecule has 3 aliphatic rings. The van der Waals surface area contributed by atoms with Gasteiger partial charge in [-0.05, 0) is 68.0 Å². The Morgan fingerprint density at radius 1 is 1.20 bits per heavy atom. The fourth-order valence-electron chi connectivity index (χ4n) is 5.63. The zero-order chi connectivity index (χ0) is 20.9. The molecule has 30 heavy (non-hydrogen) atoms. The van der Waals surface area contributed by atoms with E-state index in [0.717, 1.165) is 68.3 Å². The van der Waals surface area contributed by atoms with Crippen molar-refractivity contribution in [2.24, 2.45) is 5.41 Å². The predicted octanol–water partition coefficient (Wildman–Crippen LogP) is 4.53. The second kappa shape index (κ2) is 7.88. The zero-order valence-corrected chi connectivity index (χ0v) is 18.4. The Hall–Kier alpha value is -1.51. The summed E-state index contributed by atoms with van der Waals surface area (Å²) >= 11 is 1.79. The molecule has 2 aromatic rings. The van der Waals surface area contributed by atoms with Crippen molar-refractivity contribution in [3.8, 4) is 0 Å². The third-order valence-corrected chi connectivity index (χ3v) is 7.92. The summed E-state index contributed by atoms with van der Waals surface area (Å²) in [5.41, 5.74) is 2.29. The third kappa shape index (κ3) is 3.78. The number of likely N-dealkylation sites (tertiary alicyclic amines) is 1. The van der Waals surface area contributed by atoms with Crippen LogP contribution in [0.4, 0.5) is 14.7 Å². The fraction of sp³-hybridized carbons (Fsp3) is 0.636. The molecule has 1 aromatic heterocycles. The lowest BCUT2D eigenvalue weighted by Gasteiger charge is -2.58. The average molecular weight is 434 g/mol.